The first-order chi connectivity index (χ1) is 19.4. The summed E-state index contributed by atoms with van der Waals surface area (Å²) in [6.45, 7) is 2.86. The molecular weight excluding hydrogens is 510 g/mol. The second-order valence-corrected chi connectivity index (χ2v) is 10.3. The SMILES string of the molecule is COc1cc2cc(c1OC)-c1ccc3c(c1)C(CCO3)NC(=O)CCN(Cc1cnn(C)c1)CCNC(=O)CC2. The van der Waals surface area contributed by atoms with Gasteiger partial charge in [0.2, 0.25) is 11.8 Å². The summed E-state index contributed by atoms with van der Waals surface area (Å²) in [7, 11) is 5.12. The Morgan fingerprint density at radius 3 is 2.70 bits per heavy atom. The van der Waals surface area contributed by atoms with Crippen LogP contribution in [0.1, 0.15) is 42.0 Å². The van der Waals surface area contributed by atoms with E-state index in [4.69, 9.17) is 14.2 Å². The number of aromatic nitrogens is 2. The van der Waals surface area contributed by atoms with Crippen LogP contribution in [0.2, 0.25) is 0 Å². The fourth-order valence-corrected chi connectivity index (χ4v) is 5.40. The fraction of sp³-hybridized carbons (Fsp3) is 0.433. The Bertz CT molecular complexity index is 1370. The first kappa shape index (κ1) is 27.5. The standard InChI is InChI=1S/C30H37N5O5/c1-34-18-21(17-32-34)19-35-11-8-29(37)33-25-9-13-40-26-6-5-22(16-24(25)26)23-14-20(4-7-28(36)31-10-12-35)15-27(38-2)30(23)39-3/h5-6,14-18,25H,4,7-13,19H2,1-3H3,(H,31,36)(H,33,37). The van der Waals surface area contributed by atoms with Crippen LogP contribution >= 0.6 is 0 Å². The summed E-state index contributed by atoms with van der Waals surface area (Å²) in [6, 6.07) is 9.82. The molecule has 1 aromatic heterocycles. The van der Waals surface area contributed by atoms with Gasteiger partial charge in [0.1, 0.15) is 5.75 Å². The molecule has 0 fully saturated rings. The van der Waals surface area contributed by atoms with Gasteiger partial charge in [0.05, 0.1) is 33.1 Å². The maximum atomic E-state index is 13.2. The Balaban J connectivity index is 1.47. The van der Waals surface area contributed by atoms with Crippen LogP contribution in [0.15, 0.2) is 42.7 Å². The van der Waals surface area contributed by atoms with Crippen molar-refractivity contribution in [2.75, 3.05) is 40.5 Å². The molecule has 0 saturated carbocycles. The number of methoxy groups -OCH3 is 2. The van der Waals surface area contributed by atoms with Gasteiger partial charge in [-0.15, -0.1) is 0 Å². The van der Waals surface area contributed by atoms with Gasteiger partial charge in [0.15, 0.2) is 11.5 Å². The van der Waals surface area contributed by atoms with Gasteiger partial charge in [-0.05, 0) is 41.8 Å². The van der Waals surface area contributed by atoms with Crippen LogP contribution in [-0.2, 0) is 29.6 Å². The number of benzene rings is 2. The lowest BCUT2D eigenvalue weighted by Crippen LogP contribution is -2.38. The van der Waals surface area contributed by atoms with Gasteiger partial charge in [-0.3, -0.25) is 19.2 Å². The fourth-order valence-electron chi connectivity index (χ4n) is 5.40. The van der Waals surface area contributed by atoms with Gasteiger partial charge in [0, 0.05) is 75.4 Å². The van der Waals surface area contributed by atoms with Gasteiger partial charge in [-0.1, -0.05) is 6.07 Å². The highest BCUT2D eigenvalue weighted by Gasteiger charge is 2.25. The lowest BCUT2D eigenvalue weighted by molar-refractivity contribution is -0.123. The predicted octanol–water partition coefficient (Wildman–Crippen LogP) is 3.00. The summed E-state index contributed by atoms with van der Waals surface area (Å²) in [5, 5.41) is 10.5. The van der Waals surface area contributed by atoms with Crippen molar-refractivity contribution >= 4 is 11.8 Å². The van der Waals surface area contributed by atoms with Crippen molar-refractivity contribution in [3.05, 3.63) is 59.4 Å². The molecule has 4 bridgehead atoms. The summed E-state index contributed by atoms with van der Waals surface area (Å²) in [6.07, 6.45) is 5.74. The molecule has 3 aromatic rings. The molecule has 10 nitrogen and oxygen atoms in total. The molecule has 0 aliphatic carbocycles. The van der Waals surface area contributed by atoms with E-state index in [1.807, 2.05) is 43.7 Å². The van der Waals surface area contributed by atoms with Crippen molar-refractivity contribution in [3.63, 3.8) is 0 Å². The van der Waals surface area contributed by atoms with Crippen LogP contribution in [0.3, 0.4) is 0 Å². The summed E-state index contributed by atoms with van der Waals surface area (Å²) in [4.78, 5) is 28.1. The van der Waals surface area contributed by atoms with Crippen molar-refractivity contribution in [1.29, 1.82) is 0 Å². The van der Waals surface area contributed by atoms with E-state index >= 15 is 0 Å². The van der Waals surface area contributed by atoms with Crippen molar-refractivity contribution < 1.29 is 23.8 Å². The Morgan fingerprint density at radius 1 is 1.05 bits per heavy atom. The van der Waals surface area contributed by atoms with Crippen molar-refractivity contribution in [3.8, 4) is 28.4 Å². The first-order valence-electron chi connectivity index (χ1n) is 13.7. The third kappa shape index (κ3) is 6.39. The van der Waals surface area contributed by atoms with E-state index in [0.29, 0.717) is 70.0 Å². The zero-order valence-corrected chi connectivity index (χ0v) is 23.4. The van der Waals surface area contributed by atoms with Crippen molar-refractivity contribution in [2.45, 2.75) is 38.3 Å². The largest absolute Gasteiger partial charge is 0.493 e. The Kier molecular flexibility index (Phi) is 8.54. The van der Waals surface area contributed by atoms with Gasteiger partial charge in [-0.2, -0.15) is 5.10 Å². The van der Waals surface area contributed by atoms with Crippen LogP contribution in [0.4, 0.5) is 0 Å². The average Bonchev–Trinajstić information content (AvgIpc) is 3.37. The number of fused-ring (bicyclic) bond motifs is 4. The minimum absolute atomic E-state index is 0.0224. The van der Waals surface area contributed by atoms with E-state index in [0.717, 1.165) is 33.6 Å². The molecule has 10 heteroatoms. The van der Waals surface area contributed by atoms with E-state index in [9.17, 15) is 9.59 Å². The van der Waals surface area contributed by atoms with Crippen molar-refractivity contribution in [2.24, 2.45) is 7.05 Å². The number of nitrogens with one attached hydrogen (secondary N) is 2. The third-order valence-electron chi connectivity index (χ3n) is 7.44. The zero-order valence-electron chi connectivity index (χ0n) is 23.4. The molecule has 2 aliphatic rings. The highest BCUT2D eigenvalue weighted by Crippen LogP contribution is 2.42. The molecule has 0 radical (unpaired) electrons. The molecule has 0 spiro atoms. The summed E-state index contributed by atoms with van der Waals surface area (Å²) in [5.74, 6) is 1.95. The molecule has 2 N–H and O–H groups in total. The average molecular weight is 548 g/mol. The number of aryl methyl sites for hydroxylation is 2. The van der Waals surface area contributed by atoms with Crippen LogP contribution in [0.25, 0.3) is 11.1 Å². The van der Waals surface area contributed by atoms with Gasteiger partial charge in [0.25, 0.3) is 0 Å². The molecule has 1 unspecified atom stereocenters. The lowest BCUT2D eigenvalue weighted by atomic mass is 9.93. The molecule has 2 amide bonds. The molecule has 2 aromatic carbocycles. The third-order valence-corrected chi connectivity index (χ3v) is 7.44. The van der Waals surface area contributed by atoms with E-state index < -0.39 is 0 Å². The Labute approximate surface area is 234 Å². The summed E-state index contributed by atoms with van der Waals surface area (Å²) in [5.41, 5.74) is 4.76. The number of nitrogens with zero attached hydrogens (tertiary/aromatic N) is 3. The van der Waals surface area contributed by atoms with Crippen molar-refractivity contribution in [1.82, 2.24) is 25.3 Å². The van der Waals surface area contributed by atoms with Crippen LogP contribution < -0.4 is 24.8 Å². The van der Waals surface area contributed by atoms with E-state index in [2.05, 4.69) is 26.7 Å². The zero-order chi connectivity index (χ0) is 28.1. The second-order valence-electron chi connectivity index (χ2n) is 10.3. The minimum Gasteiger partial charge on any atom is -0.493 e. The lowest BCUT2D eigenvalue weighted by Gasteiger charge is -2.28. The van der Waals surface area contributed by atoms with E-state index in [1.165, 1.54) is 0 Å². The van der Waals surface area contributed by atoms with Gasteiger partial charge < -0.3 is 24.8 Å². The molecule has 5 rings (SSSR count). The molecule has 212 valence electrons. The van der Waals surface area contributed by atoms with E-state index in [-0.39, 0.29) is 17.9 Å². The molecule has 3 heterocycles. The quantitative estimate of drug-likeness (QED) is 0.517. The topological polar surface area (TPSA) is 107 Å². The molecule has 0 saturated heterocycles. The van der Waals surface area contributed by atoms with Crippen LogP contribution in [-0.4, -0.2) is 67.0 Å². The van der Waals surface area contributed by atoms with Gasteiger partial charge >= 0.3 is 0 Å². The van der Waals surface area contributed by atoms with Crippen LogP contribution in [0.5, 0.6) is 17.2 Å². The molecule has 40 heavy (non-hydrogen) atoms. The number of amides is 2. The minimum atomic E-state index is -0.155. The maximum absolute atomic E-state index is 13.2. The maximum Gasteiger partial charge on any atom is 0.221 e. The monoisotopic (exact) mass is 547 g/mol. The smallest absolute Gasteiger partial charge is 0.221 e. The number of carbonyl (C=O) groups is 2. The Hall–Kier alpha value is -4.05. The number of hydrogen-bond acceptors (Lipinski definition) is 7. The van der Waals surface area contributed by atoms with Crippen LogP contribution in [0, 0.1) is 0 Å². The predicted molar refractivity (Wildman–Crippen MR) is 150 cm³/mol. The summed E-state index contributed by atoms with van der Waals surface area (Å²) < 4.78 is 19.1. The number of hydrogen-bond donors (Lipinski definition) is 2. The highest BCUT2D eigenvalue weighted by atomic mass is 16.5. The highest BCUT2D eigenvalue weighted by molar-refractivity contribution is 5.79. The number of carbonyl (C=O) groups excluding carboxylic acids is 2. The summed E-state index contributed by atoms with van der Waals surface area (Å²) >= 11 is 0. The Morgan fingerprint density at radius 2 is 1.93 bits per heavy atom. The molecule has 2 aliphatic heterocycles. The molecule has 1 atom stereocenters. The number of ether oxygens (including phenoxy) is 3. The van der Waals surface area contributed by atoms with E-state index in [1.54, 1.807) is 18.9 Å². The molecular formula is C30H37N5O5. The normalized spacial score (nSPS) is 18.5. The number of rotatable bonds is 4. The van der Waals surface area contributed by atoms with Gasteiger partial charge in [-0.25, -0.2) is 0 Å². The first-order valence-corrected chi connectivity index (χ1v) is 13.7. The second kappa shape index (κ2) is 12.4.